The van der Waals surface area contributed by atoms with Crippen molar-refractivity contribution in [2.75, 3.05) is 26.2 Å². The number of hydrogen-bond acceptors (Lipinski definition) is 3. The molecule has 0 radical (unpaired) electrons. The summed E-state index contributed by atoms with van der Waals surface area (Å²) < 4.78 is 0. The molecule has 2 heterocycles. The third-order valence-electron chi connectivity index (χ3n) is 4.33. The molecule has 0 bridgehead atoms. The van der Waals surface area contributed by atoms with Crippen molar-refractivity contribution in [3.05, 3.63) is 0 Å². The molecule has 0 amide bonds. The molecule has 2 N–H and O–H groups in total. The van der Waals surface area contributed by atoms with Crippen LogP contribution in [0.15, 0.2) is 0 Å². The molecule has 0 spiro atoms. The van der Waals surface area contributed by atoms with Crippen LogP contribution < -0.4 is 5.32 Å². The summed E-state index contributed by atoms with van der Waals surface area (Å²) in [5.74, 6) is 1.63. The third kappa shape index (κ3) is 2.05. The number of aliphatic hydroxyl groups excluding tert-OH is 1. The number of nitrogens with one attached hydrogen (secondary N) is 1. The fourth-order valence-corrected chi connectivity index (χ4v) is 3.23. The zero-order valence-electron chi connectivity index (χ0n) is 10.2. The van der Waals surface area contributed by atoms with E-state index in [1.807, 2.05) is 6.92 Å². The summed E-state index contributed by atoms with van der Waals surface area (Å²) in [4.78, 5) is 2.57. The Kier molecular flexibility index (Phi) is 3.06. The minimum Gasteiger partial charge on any atom is -0.393 e. The van der Waals surface area contributed by atoms with Crippen LogP contribution >= 0.6 is 0 Å². The van der Waals surface area contributed by atoms with Gasteiger partial charge in [-0.15, -0.1) is 0 Å². The maximum atomic E-state index is 9.35. The first-order valence-electron chi connectivity index (χ1n) is 6.15. The number of rotatable bonds is 3. The van der Waals surface area contributed by atoms with Gasteiger partial charge in [0.2, 0.25) is 0 Å². The highest BCUT2D eigenvalue weighted by Gasteiger charge is 2.48. The van der Waals surface area contributed by atoms with Crippen LogP contribution in [0.2, 0.25) is 0 Å². The van der Waals surface area contributed by atoms with Crippen molar-refractivity contribution in [3.8, 4) is 0 Å². The summed E-state index contributed by atoms with van der Waals surface area (Å²) >= 11 is 0. The van der Waals surface area contributed by atoms with Gasteiger partial charge in [-0.25, -0.2) is 0 Å². The van der Waals surface area contributed by atoms with E-state index in [2.05, 4.69) is 24.1 Å². The third-order valence-corrected chi connectivity index (χ3v) is 4.33. The van der Waals surface area contributed by atoms with Gasteiger partial charge in [0.25, 0.3) is 0 Å². The van der Waals surface area contributed by atoms with Crippen LogP contribution in [0.1, 0.15) is 27.2 Å². The first kappa shape index (κ1) is 11.4. The molecule has 0 aromatic carbocycles. The van der Waals surface area contributed by atoms with Crippen molar-refractivity contribution in [1.82, 2.24) is 10.2 Å². The van der Waals surface area contributed by atoms with Crippen LogP contribution in [0.5, 0.6) is 0 Å². The highest BCUT2D eigenvalue weighted by Crippen LogP contribution is 2.40. The number of likely N-dealkylation sites (tertiary alicyclic amines) is 1. The topological polar surface area (TPSA) is 35.5 Å². The smallest absolute Gasteiger partial charge is 0.0524 e. The Morgan fingerprint density at radius 1 is 1.47 bits per heavy atom. The molecule has 3 heteroatoms. The van der Waals surface area contributed by atoms with E-state index >= 15 is 0 Å². The lowest BCUT2D eigenvalue weighted by Gasteiger charge is -2.36. The van der Waals surface area contributed by atoms with E-state index in [0.29, 0.717) is 5.54 Å². The normalized spacial score (nSPS) is 36.8. The van der Waals surface area contributed by atoms with Crippen LogP contribution in [0.25, 0.3) is 0 Å². The monoisotopic (exact) mass is 212 g/mol. The van der Waals surface area contributed by atoms with Gasteiger partial charge in [-0.2, -0.15) is 0 Å². The molecule has 3 nitrogen and oxygen atoms in total. The van der Waals surface area contributed by atoms with E-state index in [9.17, 15) is 5.11 Å². The molecule has 3 atom stereocenters. The standard InChI is InChI=1S/C12H24N2O/c1-9(15)4-5-14-8-10-6-13-7-11(10)12(14,2)3/h9-11,13,15H,4-8H2,1-3H3. The van der Waals surface area contributed by atoms with Crippen molar-refractivity contribution in [1.29, 1.82) is 0 Å². The Morgan fingerprint density at radius 3 is 2.80 bits per heavy atom. The lowest BCUT2D eigenvalue weighted by molar-refractivity contribution is 0.106. The fraction of sp³-hybridized carbons (Fsp3) is 1.00. The van der Waals surface area contributed by atoms with Gasteiger partial charge in [-0.1, -0.05) is 0 Å². The van der Waals surface area contributed by atoms with Gasteiger partial charge in [0.05, 0.1) is 6.10 Å². The average Bonchev–Trinajstić information content (AvgIpc) is 2.66. The molecule has 2 saturated heterocycles. The largest absolute Gasteiger partial charge is 0.393 e. The summed E-state index contributed by atoms with van der Waals surface area (Å²) in [5, 5.41) is 12.8. The Balaban J connectivity index is 1.96. The Hall–Kier alpha value is -0.120. The predicted molar refractivity (Wildman–Crippen MR) is 61.8 cm³/mol. The van der Waals surface area contributed by atoms with Gasteiger partial charge >= 0.3 is 0 Å². The summed E-state index contributed by atoms with van der Waals surface area (Å²) in [5.41, 5.74) is 0.309. The van der Waals surface area contributed by atoms with Crippen molar-refractivity contribution in [3.63, 3.8) is 0 Å². The maximum absolute atomic E-state index is 9.35. The fourth-order valence-electron chi connectivity index (χ4n) is 3.23. The van der Waals surface area contributed by atoms with E-state index in [1.165, 1.54) is 19.6 Å². The summed E-state index contributed by atoms with van der Waals surface area (Å²) in [6.07, 6.45) is 0.732. The first-order chi connectivity index (χ1) is 7.01. The maximum Gasteiger partial charge on any atom is 0.0524 e. The van der Waals surface area contributed by atoms with Crippen molar-refractivity contribution in [2.24, 2.45) is 11.8 Å². The van der Waals surface area contributed by atoms with E-state index in [0.717, 1.165) is 24.8 Å². The zero-order valence-corrected chi connectivity index (χ0v) is 10.2. The molecule has 88 valence electrons. The van der Waals surface area contributed by atoms with E-state index in [-0.39, 0.29) is 6.10 Å². The summed E-state index contributed by atoms with van der Waals surface area (Å²) in [7, 11) is 0. The van der Waals surface area contributed by atoms with Crippen LogP contribution in [0.4, 0.5) is 0 Å². The highest BCUT2D eigenvalue weighted by molar-refractivity contribution is 5.04. The van der Waals surface area contributed by atoms with Crippen LogP contribution in [-0.4, -0.2) is 47.8 Å². The highest BCUT2D eigenvalue weighted by atomic mass is 16.3. The molecule has 2 aliphatic heterocycles. The molecule has 3 unspecified atom stereocenters. The zero-order chi connectivity index (χ0) is 11.1. The number of hydrogen-bond donors (Lipinski definition) is 2. The minimum atomic E-state index is -0.167. The van der Waals surface area contributed by atoms with Crippen LogP contribution in [0, 0.1) is 11.8 Å². The summed E-state index contributed by atoms with van der Waals surface area (Å²) in [6.45, 7) is 11.2. The molecule has 0 aliphatic carbocycles. The second-order valence-corrected chi connectivity index (χ2v) is 5.76. The second-order valence-electron chi connectivity index (χ2n) is 5.76. The molecule has 15 heavy (non-hydrogen) atoms. The van der Waals surface area contributed by atoms with Gasteiger partial charge in [0, 0.05) is 25.2 Å². The Labute approximate surface area is 92.8 Å². The Bertz CT molecular complexity index is 228. The van der Waals surface area contributed by atoms with Gasteiger partial charge < -0.3 is 10.4 Å². The van der Waals surface area contributed by atoms with Crippen LogP contribution in [0.3, 0.4) is 0 Å². The number of fused-ring (bicyclic) bond motifs is 1. The predicted octanol–water partition coefficient (Wildman–Crippen LogP) is 0.687. The van der Waals surface area contributed by atoms with Crippen molar-refractivity contribution >= 4 is 0 Å². The lowest BCUT2D eigenvalue weighted by Crippen LogP contribution is -2.45. The van der Waals surface area contributed by atoms with Gasteiger partial charge in [0.1, 0.15) is 0 Å². The van der Waals surface area contributed by atoms with E-state index < -0.39 is 0 Å². The summed E-state index contributed by atoms with van der Waals surface area (Å²) in [6, 6.07) is 0. The first-order valence-corrected chi connectivity index (χ1v) is 6.15. The lowest BCUT2D eigenvalue weighted by atomic mass is 9.85. The molecule has 0 aromatic heterocycles. The van der Waals surface area contributed by atoms with E-state index in [1.54, 1.807) is 0 Å². The molecule has 2 rings (SSSR count). The molecule has 2 fully saturated rings. The van der Waals surface area contributed by atoms with Crippen LogP contribution in [-0.2, 0) is 0 Å². The molecule has 2 aliphatic rings. The van der Waals surface area contributed by atoms with E-state index in [4.69, 9.17) is 0 Å². The minimum absolute atomic E-state index is 0.167. The average molecular weight is 212 g/mol. The Morgan fingerprint density at radius 2 is 2.20 bits per heavy atom. The molecular weight excluding hydrogens is 188 g/mol. The molecular formula is C12H24N2O. The van der Waals surface area contributed by atoms with Gasteiger partial charge in [-0.05, 0) is 45.6 Å². The number of nitrogens with zero attached hydrogens (tertiary/aromatic N) is 1. The number of aliphatic hydroxyl groups is 1. The van der Waals surface area contributed by atoms with Crippen molar-refractivity contribution < 1.29 is 5.11 Å². The van der Waals surface area contributed by atoms with Gasteiger partial charge in [-0.3, -0.25) is 4.90 Å². The second kappa shape index (κ2) is 4.04. The van der Waals surface area contributed by atoms with Gasteiger partial charge in [0.15, 0.2) is 0 Å². The quantitative estimate of drug-likeness (QED) is 0.722. The SMILES string of the molecule is CC(O)CCN1CC2CNCC2C1(C)C. The molecule has 0 aromatic rings. The molecule has 0 saturated carbocycles. The van der Waals surface area contributed by atoms with Crippen molar-refractivity contribution in [2.45, 2.75) is 38.8 Å².